The molecule has 0 spiro atoms. The number of piperidine rings is 1. The number of alkyl halides is 2. The summed E-state index contributed by atoms with van der Waals surface area (Å²) in [6.45, 7) is 4.45. The molecule has 10 nitrogen and oxygen atoms in total. The van der Waals surface area contributed by atoms with Gasteiger partial charge in [0.15, 0.2) is 5.69 Å². The Morgan fingerprint density at radius 3 is 2.50 bits per heavy atom. The van der Waals surface area contributed by atoms with E-state index in [1.807, 2.05) is 4.90 Å². The molecule has 0 saturated carbocycles. The number of rotatable bonds is 6. The molecule has 0 bridgehead atoms. The van der Waals surface area contributed by atoms with Gasteiger partial charge in [0.25, 0.3) is 12.3 Å². The number of amides is 2. The first-order chi connectivity index (χ1) is 17.3. The molecule has 2 aliphatic rings. The Kier molecular flexibility index (Phi) is 6.52. The van der Waals surface area contributed by atoms with E-state index in [1.54, 1.807) is 43.2 Å². The second-order valence-corrected chi connectivity index (χ2v) is 9.32. The first-order valence-electron chi connectivity index (χ1n) is 11.9. The van der Waals surface area contributed by atoms with Crippen LogP contribution < -0.4 is 5.32 Å². The summed E-state index contributed by atoms with van der Waals surface area (Å²) < 4.78 is 30.6. The molecule has 0 aromatic carbocycles. The van der Waals surface area contributed by atoms with E-state index in [0.717, 1.165) is 31.5 Å². The zero-order chi connectivity index (χ0) is 25.4. The summed E-state index contributed by atoms with van der Waals surface area (Å²) >= 11 is 0. The van der Waals surface area contributed by atoms with Crippen molar-refractivity contribution in [3.05, 3.63) is 48.2 Å². The molecule has 2 saturated heterocycles. The lowest BCUT2D eigenvalue weighted by Crippen LogP contribution is -2.56. The third-order valence-electron chi connectivity index (χ3n) is 6.89. The molecule has 5 rings (SSSR count). The summed E-state index contributed by atoms with van der Waals surface area (Å²) in [5, 5.41) is 10.8. The minimum absolute atomic E-state index is 0.0169. The van der Waals surface area contributed by atoms with Crippen LogP contribution in [0.25, 0.3) is 11.3 Å². The molecular formula is C24H28F2N8O2. The molecule has 12 heteroatoms. The summed E-state index contributed by atoms with van der Waals surface area (Å²) in [5.74, 6) is -0.491. The van der Waals surface area contributed by atoms with Crippen LogP contribution in [0.2, 0.25) is 0 Å². The minimum atomic E-state index is -2.83. The number of carbonyl (C=O) groups is 2. The maximum atomic E-state index is 13.7. The van der Waals surface area contributed by atoms with Gasteiger partial charge in [-0.15, -0.1) is 0 Å². The van der Waals surface area contributed by atoms with E-state index in [-0.39, 0.29) is 23.3 Å². The number of aryl methyl sites for hydroxylation is 1. The normalized spacial score (nSPS) is 17.4. The number of pyridine rings is 1. The number of hydrogen-bond acceptors (Lipinski definition) is 6. The Bertz CT molecular complexity index is 1260. The van der Waals surface area contributed by atoms with Crippen molar-refractivity contribution >= 4 is 17.5 Å². The molecule has 0 atom stereocenters. The average Bonchev–Trinajstić information content (AvgIpc) is 3.45. The number of aromatic nitrogens is 5. The molecule has 36 heavy (non-hydrogen) atoms. The smallest absolute Gasteiger partial charge is 0.284 e. The molecule has 5 heterocycles. The zero-order valence-electron chi connectivity index (χ0n) is 20.1. The molecule has 0 radical (unpaired) electrons. The summed E-state index contributed by atoms with van der Waals surface area (Å²) in [4.78, 5) is 32.9. The third-order valence-corrected chi connectivity index (χ3v) is 6.89. The van der Waals surface area contributed by atoms with Crippen LogP contribution in [0, 0.1) is 0 Å². The highest BCUT2D eigenvalue weighted by molar-refractivity contribution is 6.03. The standard InChI is InChI=1S/C24H28F2N8O2/c1-15(35)32-8-6-17(7-9-32)33-12-18(13-33)34-14-21(22(30-34)23(25)26)29-24(36)20-5-3-4-19(28-20)16-10-27-31(2)11-16/h3-5,10-11,14,17-18,23H,6-9,12-13H2,1-2H3,(H,29,36). The number of nitrogens with zero attached hydrogens (tertiary/aromatic N) is 7. The molecular weight excluding hydrogens is 470 g/mol. The van der Waals surface area contributed by atoms with E-state index in [0.29, 0.717) is 24.8 Å². The van der Waals surface area contributed by atoms with Crippen molar-refractivity contribution in [2.75, 3.05) is 31.5 Å². The lowest BCUT2D eigenvalue weighted by atomic mass is 9.97. The van der Waals surface area contributed by atoms with Crippen LogP contribution >= 0.6 is 0 Å². The van der Waals surface area contributed by atoms with Gasteiger partial charge in [0, 0.05) is 64.1 Å². The summed E-state index contributed by atoms with van der Waals surface area (Å²) in [5.41, 5.74) is 0.937. The van der Waals surface area contributed by atoms with Crippen LogP contribution in [0.4, 0.5) is 14.5 Å². The van der Waals surface area contributed by atoms with Crippen molar-refractivity contribution in [2.24, 2.45) is 7.05 Å². The van der Waals surface area contributed by atoms with Crippen molar-refractivity contribution in [3.8, 4) is 11.3 Å². The third kappa shape index (κ3) is 4.85. The van der Waals surface area contributed by atoms with Crippen molar-refractivity contribution in [2.45, 2.75) is 38.3 Å². The van der Waals surface area contributed by atoms with Gasteiger partial charge in [-0.2, -0.15) is 10.2 Å². The highest BCUT2D eigenvalue weighted by atomic mass is 19.3. The number of anilines is 1. The van der Waals surface area contributed by atoms with Gasteiger partial charge in [0.1, 0.15) is 5.69 Å². The zero-order valence-corrected chi connectivity index (χ0v) is 20.1. The fraction of sp³-hybridized carbons (Fsp3) is 0.458. The molecule has 3 aromatic rings. The first-order valence-corrected chi connectivity index (χ1v) is 11.9. The van der Waals surface area contributed by atoms with Gasteiger partial charge < -0.3 is 10.2 Å². The highest BCUT2D eigenvalue weighted by Crippen LogP contribution is 2.32. The number of hydrogen-bond donors (Lipinski definition) is 1. The molecule has 1 N–H and O–H groups in total. The van der Waals surface area contributed by atoms with Gasteiger partial charge in [-0.25, -0.2) is 13.8 Å². The topological polar surface area (TPSA) is 101 Å². The molecule has 0 aliphatic carbocycles. The van der Waals surface area contributed by atoms with Crippen LogP contribution in [-0.2, 0) is 11.8 Å². The molecule has 2 amide bonds. The van der Waals surface area contributed by atoms with Crippen LogP contribution in [0.3, 0.4) is 0 Å². The summed E-state index contributed by atoms with van der Waals surface area (Å²) in [6, 6.07) is 5.29. The molecule has 3 aromatic heterocycles. The highest BCUT2D eigenvalue weighted by Gasteiger charge is 2.36. The average molecular weight is 499 g/mol. The maximum Gasteiger partial charge on any atom is 0.284 e. The predicted molar refractivity (Wildman–Crippen MR) is 127 cm³/mol. The van der Waals surface area contributed by atoms with Crippen molar-refractivity contribution in [1.82, 2.24) is 34.3 Å². The SMILES string of the molecule is CC(=O)N1CCC(N2CC(n3cc(NC(=O)c4cccc(-c5cnn(C)c5)n4)c(C(F)F)n3)C2)CC1. The van der Waals surface area contributed by atoms with Crippen molar-refractivity contribution in [3.63, 3.8) is 0 Å². The van der Waals surface area contributed by atoms with Gasteiger partial charge in [-0.05, 0) is 25.0 Å². The van der Waals surface area contributed by atoms with E-state index < -0.39 is 18.0 Å². The fourth-order valence-corrected chi connectivity index (χ4v) is 4.81. The Hall–Kier alpha value is -3.67. The number of nitrogens with one attached hydrogen (secondary N) is 1. The van der Waals surface area contributed by atoms with Gasteiger partial charge in [0.05, 0.1) is 23.6 Å². The first kappa shape index (κ1) is 24.0. The molecule has 2 fully saturated rings. The van der Waals surface area contributed by atoms with Crippen LogP contribution in [0.5, 0.6) is 0 Å². The summed E-state index contributed by atoms with van der Waals surface area (Å²) in [7, 11) is 1.78. The monoisotopic (exact) mass is 498 g/mol. The molecule has 2 aliphatic heterocycles. The lowest BCUT2D eigenvalue weighted by molar-refractivity contribution is -0.130. The Balaban J connectivity index is 1.24. The fourth-order valence-electron chi connectivity index (χ4n) is 4.81. The Labute approximate surface area is 206 Å². The summed E-state index contributed by atoms with van der Waals surface area (Å²) in [6.07, 6.45) is 3.86. The maximum absolute atomic E-state index is 13.7. The second kappa shape index (κ2) is 9.76. The van der Waals surface area contributed by atoms with Gasteiger partial charge in [-0.1, -0.05) is 6.07 Å². The molecule has 190 valence electrons. The largest absolute Gasteiger partial charge is 0.343 e. The van der Waals surface area contributed by atoms with E-state index in [1.165, 1.54) is 16.9 Å². The van der Waals surface area contributed by atoms with E-state index in [4.69, 9.17) is 0 Å². The van der Waals surface area contributed by atoms with Crippen molar-refractivity contribution < 1.29 is 18.4 Å². The number of carbonyl (C=O) groups excluding carboxylic acids is 2. The number of likely N-dealkylation sites (tertiary alicyclic amines) is 2. The quantitative estimate of drug-likeness (QED) is 0.561. The Morgan fingerprint density at radius 2 is 1.86 bits per heavy atom. The Morgan fingerprint density at radius 1 is 1.11 bits per heavy atom. The van der Waals surface area contributed by atoms with E-state index >= 15 is 0 Å². The number of halogens is 2. The van der Waals surface area contributed by atoms with Crippen LogP contribution in [-0.4, -0.2) is 78.4 Å². The van der Waals surface area contributed by atoms with Gasteiger partial charge in [0.2, 0.25) is 5.91 Å². The van der Waals surface area contributed by atoms with E-state index in [9.17, 15) is 18.4 Å². The second-order valence-electron chi connectivity index (χ2n) is 9.32. The van der Waals surface area contributed by atoms with Crippen LogP contribution in [0.15, 0.2) is 36.8 Å². The van der Waals surface area contributed by atoms with Gasteiger partial charge in [-0.3, -0.25) is 23.9 Å². The van der Waals surface area contributed by atoms with E-state index in [2.05, 4.69) is 25.4 Å². The van der Waals surface area contributed by atoms with Crippen LogP contribution in [0.1, 0.15) is 48.4 Å². The molecule has 0 unspecified atom stereocenters. The van der Waals surface area contributed by atoms with Gasteiger partial charge >= 0.3 is 0 Å². The lowest BCUT2D eigenvalue weighted by Gasteiger charge is -2.47. The van der Waals surface area contributed by atoms with Crippen molar-refractivity contribution in [1.29, 1.82) is 0 Å². The minimum Gasteiger partial charge on any atom is -0.343 e. The predicted octanol–water partition coefficient (Wildman–Crippen LogP) is 2.74.